The van der Waals surface area contributed by atoms with Gasteiger partial charge in [0.1, 0.15) is 6.26 Å². The summed E-state index contributed by atoms with van der Waals surface area (Å²) in [5.41, 5.74) is 2.87. The molecule has 27 heavy (non-hydrogen) atoms. The van der Waals surface area contributed by atoms with Gasteiger partial charge in [0.2, 0.25) is 0 Å². The highest BCUT2D eigenvalue weighted by Crippen LogP contribution is 2.38. The molecule has 0 saturated carbocycles. The summed E-state index contributed by atoms with van der Waals surface area (Å²) in [7, 11) is 0. The molecule has 3 aromatic rings. The number of hydrogen-bond acceptors (Lipinski definition) is 3. The quantitative estimate of drug-likeness (QED) is 0.469. The van der Waals surface area contributed by atoms with E-state index in [2.05, 4.69) is 30.0 Å². The molecule has 2 nitrogen and oxygen atoms in total. The second kappa shape index (κ2) is 8.07. The maximum absolute atomic E-state index is 12.6. The molecule has 2 atom stereocenters. The van der Waals surface area contributed by atoms with Gasteiger partial charge in [-0.3, -0.25) is 4.79 Å². The van der Waals surface area contributed by atoms with Crippen molar-refractivity contribution < 1.29 is 9.53 Å². The molecule has 0 N–H and O–H groups in total. The summed E-state index contributed by atoms with van der Waals surface area (Å²) in [6.07, 6.45) is 2.18. The zero-order valence-electron chi connectivity index (χ0n) is 14.7. The average Bonchev–Trinajstić information content (AvgIpc) is 3.23. The van der Waals surface area contributed by atoms with Crippen LogP contribution in [0, 0.1) is 17.8 Å². The first-order valence-electron chi connectivity index (χ1n) is 8.86. The Balaban J connectivity index is 1.72. The number of esters is 1. The molecule has 3 heteroatoms. The number of carbonyl (C=O) groups excluding carboxylic acids is 1. The van der Waals surface area contributed by atoms with Crippen LogP contribution in [0.3, 0.4) is 0 Å². The molecule has 132 valence electrons. The first kappa shape index (κ1) is 17.3. The van der Waals surface area contributed by atoms with Crippen LogP contribution in [0.4, 0.5) is 0 Å². The van der Waals surface area contributed by atoms with Crippen molar-refractivity contribution in [2.24, 2.45) is 5.92 Å². The minimum atomic E-state index is -0.281. The zero-order chi connectivity index (χ0) is 18.5. The Morgan fingerprint density at radius 3 is 2.33 bits per heavy atom. The summed E-state index contributed by atoms with van der Waals surface area (Å²) in [6, 6.07) is 24.0. The number of rotatable bonds is 3. The van der Waals surface area contributed by atoms with Crippen molar-refractivity contribution in [2.75, 3.05) is 0 Å². The maximum Gasteiger partial charge on any atom is 0.315 e. The van der Waals surface area contributed by atoms with Crippen LogP contribution in [0.1, 0.15) is 21.9 Å². The minimum Gasteiger partial charge on any atom is -0.433 e. The fourth-order valence-corrected chi connectivity index (χ4v) is 4.09. The van der Waals surface area contributed by atoms with Crippen LogP contribution in [-0.2, 0) is 16.0 Å². The predicted molar refractivity (Wildman–Crippen MR) is 108 cm³/mol. The third-order valence-corrected chi connectivity index (χ3v) is 5.53. The zero-order valence-corrected chi connectivity index (χ0v) is 15.5. The average molecular weight is 370 g/mol. The molecule has 0 unspecified atom stereocenters. The lowest BCUT2D eigenvalue weighted by molar-refractivity contribution is -0.144. The number of allylic oxidation sites excluding steroid dienone is 1. The van der Waals surface area contributed by atoms with Gasteiger partial charge in [-0.25, -0.2) is 0 Å². The first-order chi connectivity index (χ1) is 13.3. The maximum atomic E-state index is 12.6. The molecular formula is C24H18O2S. The summed E-state index contributed by atoms with van der Waals surface area (Å²) >= 11 is 1.66. The largest absolute Gasteiger partial charge is 0.433 e. The Bertz CT molecular complexity index is 993. The van der Waals surface area contributed by atoms with E-state index in [1.807, 2.05) is 60.0 Å². The summed E-state index contributed by atoms with van der Waals surface area (Å²) in [6.45, 7) is 0. The second-order valence-electron chi connectivity index (χ2n) is 6.40. The molecule has 0 bridgehead atoms. The second-order valence-corrected chi connectivity index (χ2v) is 7.44. The van der Waals surface area contributed by atoms with E-state index in [0.29, 0.717) is 6.42 Å². The van der Waals surface area contributed by atoms with Crippen LogP contribution < -0.4 is 0 Å². The Morgan fingerprint density at radius 1 is 0.889 bits per heavy atom. The molecule has 0 fully saturated rings. The number of thiophene rings is 1. The molecule has 1 aliphatic heterocycles. The molecule has 0 saturated heterocycles. The van der Waals surface area contributed by atoms with Gasteiger partial charge < -0.3 is 4.74 Å². The predicted octanol–water partition coefficient (Wildman–Crippen LogP) is 5.18. The molecule has 0 radical (unpaired) electrons. The lowest BCUT2D eigenvalue weighted by Crippen LogP contribution is -2.30. The highest BCUT2D eigenvalue weighted by molar-refractivity contribution is 7.09. The van der Waals surface area contributed by atoms with E-state index in [0.717, 1.165) is 16.7 Å². The van der Waals surface area contributed by atoms with Gasteiger partial charge in [0.05, 0.1) is 5.92 Å². The number of cyclic esters (lactones) is 1. The highest BCUT2D eigenvalue weighted by Gasteiger charge is 2.36. The lowest BCUT2D eigenvalue weighted by atomic mass is 9.78. The van der Waals surface area contributed by atoms with Crippen molar-refractivity contribution in [3.63, 3.8) is 0 Å². The number of benzene rings is 2. The van der Waals surface area contributed by atoms with Gasteiger partial charge in [-0.1, -0.05) is 66.4 Å². The lowest BCUT2D eigenvalue weighted by Gasteiger charge is -2.29. The molecule has 2 aromatic carbocycles. The summed E-state index contributed by atoms with van der Waals surface area (Å²) < 4.78 is 5.39. The van der Waals surface area contributed by atoms with E-state index in [1.54, 1.807) is 11.3 Å². The molecule has 0 spiro atoms. The topological polar surface area (TPSA) is 26.3 Å². The normalized spacial score (nSPS) is 18.8. The fourth-order valence-electron chi connectivity index (χ4n) is 3.33. The summed E-state index contributed by atoms with van der Waals surface area (Å²) in [5, 5.41) is 2.03. The van der Waals surface area contributed by atoms with Crippen molar-refractivity contribution >= 4 is 17.3 Å². The van der Waals surface area contributed by atoms with E-state index in [-0.39, 0.29) is 17.8 Å². The third-order valence-electron chi connectivity index (χ3n) is 4.63. The molecular weight excluding hydrogens is 352 g/mol. The van der Waals surface area contributed by atoms with Gasteiger partial charge in [-0.05, 0) is 35.6 Å². The van der Waals surface area contributed by atoms with Crippen LogP contribution in [-0.4, -0.2) is 5.97 Å². The van der Waals surface area contributed by atoms with Gasteiger partial charge >= 0.3 is 5.97 Å². The van der Waals surface area contributed by atoms with Crippen LogP contribution in [0.2, 0.25) is 0 Å². The van der Waals surface area contributed by atoms with Crippen molar-refractivity contribution in [2.45, 2.75) is 12.3 Å². The monoisotopic (exact) mass is 370 g/mol. The van der Waals surface area contributed by atoms with Gasteiger partial charge in [0.25, 0.3) is 0 Å². The minimum absolute atomic E-state index is 0.106. The van der Waals surface area contributed by atoms with Crippen LogP contribution >= 0.6 is 11.3 Å². The Morgan fingerprint density at radius 2 is 1.63 bits per heavy atom. The van der Waals surface area contributed by atoms with Crippen molar-refractivity contribution in [3.8, 4) is 11.8 Å². The van der Waals surface area contributed by atoms with Crippen LogP contribution in [0.25, 0.3) is 0 Å². The molecule has 2 heterocycles. The van der Waals surface area contributed by atoms with E-state index in [1.165, 1.54) is 11.1 Å². The van der Waals surface area contributed by atoms with Crippen LogP contribution in [0.15, 0.2) is 90.0 Å². The van der Waals surface area contributed by atoms with Crippen molar-refractivity contribution in [1.29, 1.82) is 0 Å². The smallest absolute Gasteiger partial charge is 0.315 e. The SMILES string of the molecule is O=C1OC=C(C#Cc2ccccc2)[C@@H](c2ccccc2)[C@@H]1Cc1cccs1. The number of hydrogen-bond donors (Lipinski definition) is 0. The van der Waals surface area contributed by atoms with Gasteiger partial charge in [-0.2, -0.15) is 0 Å². The molecule has 0 amide bonds. The standard InChI is InChI=1S/C24H18O2S/c25-24-22(16-21-12-7-15-27-21)23(19-10-5-2-6-11-19)20(17-26-24)14-13-18-8-3-1-4-9-18/h1-12,15,17,22-23H,16H2/t22-,23+/m0/s1. The molecule has 1 aliphatic rings. The van der Waals surface area contributed by atoms with Crippen molar-refractivity contribution in [3.05, 3.63) is 106 Å². The van der Waals surface area contributed by atoms with Gasteiger partial charge in [-0.15, -0.1) is 11.3 Å². The van der Waals surface area contributed by atoms with E-state index >= 15 is 0 Å². The molecule has 1 aromatic heterocycles. The first-order valence-corrected chi connectivity index (χ1v) is 9.74. The van der Waals surface area contributed by atoms with E-state index in [9.17, 15) is 4.79 Å². The van der Waals surface area contributed by atoms with Crippen LogP contribution in [0.5, 0.6) is 0 Å². The Hall–Kier alpha value is -3.09. The van der Waals surface area contributed by atoms with Crippen molar-refractivity contribution in [1.82, 2.24) is 0 Å². The fraction of sp³-hybridized carbons (Fsp3) is 0.125. The Labute approximate surface area is 163 Å². The summed E-state index contributed by atoms with van der Waals surface area (Å²) in [5.74, 6) is 5.88. The van der Waals surface area contributed by atoms with E-state index < -0.39 is 0 Å². The Kier molecular flexibility index (Phi) is 5.18. The molecule has 4 rings (SSSR count). The van der Waals surface area contributed by atoms with Gasteiger partial charge in [0.15, 0.2) is 0 Å². The third kappa shape index (κ3) is 4.02. The summed E-state index contributed by atoms with van der Waals surface area (Å²) in [4.78, 5) is 13.8. The molecule has 0 aliphatic carbocycles. The van der Waals surface area contributed by atoms with E-state index in [4.69, 9.17) is 4.74 Å². The van der Waals surface area contributed by atoms with Gasteiger partial charge in [0, 0.05) is 21.9 Å². The number of carbonyl (C=O) groups is 1. The number of ether oxygens (including phenoxy) is 1. The highest BCUT2D eigenvalue weighted by atomic mass is 32.1.